The van der Waals surface area contributed by atoms with Crippen LogP contribution in [-0.2, 0) is 5.41 Å². The third kappa shape index (κ3) is 2.41. The molecule has 2 rings (SSSR count). The highest BCUT2D eigenvalue weighted by molar-refractivity contribution is 5.31. The molecular weight excluding hydrogens is 232 g/mol. The lowest BCUT2D eigenvalue weighted by Crippen LogP contribution is -2.49. The molecule has 18 heavy (non-hydrogen) atoms. The van der Waals surface area contributed by atoms with Gasteiger partial charge in [-0.1, -0.05) is 13.8 Å². The van der Waals surface area contributed by atoms with Crippen LogP contribution in [0.3, 0.4) is 0 Å². The van der Waals surface area contributed by atoms with Gasteiger partial charge in [-0.15, -0.1) is 0 Å². The minimum absolute atomic E-state index is 0.0906. The number of hydrogen-bond donors (Lipinski definition) is 1. The molecule has 100 valence electrons. The molecule has 3 heteroatoms. The maximum Gasteiger partial charge on any atom is 0.126 e. The van der Waals surface area contributed by atoms with Crippen LogP contribution in [0.15, 0.2) is 18.2 Å². The summed E-state index contributed by atoms with van der Waals surface area (Å²) in [4.78, 5) is 0. The van der Waals surface area contributed by atoms with Gasteiger partial charge in [0.05, 0.1) is 0 Å². The maximum atomic E-state index is 13.4. The van der Waals surface area contributed by atoms with E-state index in [4.69, 9.17) is 0 Å². The van der Waals surface area contributed by atoms with Gasteiger partial charge in [0, 0.05) is 18.0 Å². The SMILES string of the molecule is CNCC1(c2cc(F)cc(F)c2)CC(C(C)C)C1. The summed E-state index contributed by atoms with van der Waals surface area (Å²) in [5.41, 5.74) is 0.707. The monoisotopic (exact) mass is 253 g/mol. The number of rotatable bonds is 4. The second kappa shape index (κ2) is 4.96. The van der Waals surface area contributed by atoms with E-state index in [-0.39, 0.29) is 5.41 Å². The Morgan fingerprint density at radius 1 is 1.22 bits per heavy atom. The Kier molecular flexibility index (Phi) is 3.71. The lowest BCUT2D eigenvalue weighted by atomic mass is 9.56. The highest BCUT2D eigenvalue weighted by Gasteiger charge is 2.46. The third-order valence-electron chi connectivity index (χ3n) is 4.24. The minimum Gasteiger partial charge on any atom is -0.319 e. The summed E-state index contributed by atoms with van der Waals surface area (Å²) in [6.07, 6.45) is 2.02. The van der Waals surface area contributed by atoms with Crippen LogP contribution in [0.5, 0.6) is 0 Å². The van der Waals surface area contributed by atoms with E-state index < -0.39 is 11.6 Å². The molecule has 0 spiro atoms. The van der Waals surface area contributed by atoms with Gasteiger partial charge in [-0.25, -0.2) is 8.78 Å². The normalized spacial score (nSPS) is 27.3. The van der Waals surface area contributed by atoms with Crippen LogP contribution in [0, 0.1) is 23.5 Å². The van der Waals surface area contributed by atoms with E-state index in [1.807, 2.05) is 7.05 Å². The molecule has 1 nitrogen and oxygen atoms in total. The van der Waals surface area contributed by atoms with Crippen molar-refractivity contribution in [1.29, 1.82) is 0 Å². The number of likely N-dealkylation sites (N-methyl/N-ethyl adjacent to an activating group) is 1. The lowest BCUT2D eigenvalue weighted by Gasteiger charge is -2.50. The zero-order chi connectivity index (χ0) is 13.3. The van der Waals surface area contributed by atoms with E-state index in [1.54, 1.807) is 0 Å². The van der Waals surface area contributed by atoms with Crippen LogP contribution in [-0.4, -0.2) is 13.6 Å². The first-order chi connectivity index (χ1) is 8.47. The highest BCUT2D eigenvalue weighted by atomic mass is 19.1. The summed E-state index contributed by atoms with van der Waals surface area (Å²) < 4.78 is 26.7. The van der Waals surface area contributed by atoms with Crippen molar-refractivity contribution in [1.82, 2.24) is 5.32 Å². The molecule has 1 saturated carbocycles. The van der Waals surface area contributed by atoms with E-state index in [0.29, 0.717) is 11.8 Å². The van der Waals surface area contributed by atoms with Crippen molar-refractivity contribution >= 4 is 0 Å². The van der Waals surface area contributed by atoms with E-state index in [0.717, 1.165) is 31.0 Å². The van der Waals surface area contributed by atoms with Gasteiger partial charge in [0.15, 0.2) is 0 Å². The van der Waals surface area contributed by atoms with Crippen molar-refractivity contribution in [3.05, 3.63) is 35.4 Å². The number of nitrogens with one attached hydrogen (secondary N) is 1. The van der Waals surface area contributed by atoms with Gasteiger partial charge in [-0.05, 0) is 49.4 Å². The number of halogens is 2. The first kappa shape index (κ1) is 13.5. The van der Waals surface area contributed by atoms with Crippen LogP contribution in [0.25, 0.3) is 0 Å². The van der Waals surface area contributed by atoms with Crippen molar-refractivity contribution in [2.75, 3.05) is 13.6 Å². The summed E-state index contributed by atoms with van der Waals surface area (Å²) in [5.74, 6) is 0.333. The van der Waals surface area contributed by atoms with E-state index in [1.165, 1.54) is 12.1 Å². The molecule has 1 aliphatic rings. The largest absolute Gasteiger partial charge is 0.319 e. The smallest absolute Gasteiger partial charge is 0.126 e. The highest BCUT2D eigenvalue weighted by Crippen LogP contribution is 2.50. The van der Waals surface area contributed by atoms with Gasteiger partial charge >= 0.3 is 0 Å². The zero-order valence-electron chi connectivity index (χ0n) is 11.3. The van der Waals surface area contributed by atoms with Crippen LogP contribution >= 0.6 is 0 Å². The van der Waals surface area contributed by atoms with Crippen LogP contribution in [0.4, 0.5) is 8.78 Å². The van der Waals surface area contributed by atoms with Crippen molar-refractivity contribution in [2.45, 2.75) is 32.1 Å². The van der Waals surface area contributed by atoms with Crippen LogP contribution in [0.2, 0.25) is 0 Å². The van der Waals surface area contributed by atoms with Crippen LogP contribution in [0.1, 0.15) is 32.3 Å². The van der Waals surface area contributed by atoms with Gasteiger partial charge < -0.3 is 5.32 Å². The second-order valence-electron chi connectivity index (χ2n) is 5.88. The number of benzene rings is 1. The predicted molar refractivity (Wildman–Crippen MR) is 69.5 cm³/mol. The molecule has 0 aromatic heterocycles. The zero-order valence-corrected chi connectivity index (χ0v) is 11.3. The van der Waals surface area contributed by atoms with Crippen molar-refractivity contribution in [3.8, 4) is 0 Å². The molecule has 0 unspecified atom stereocenters. The summed E-state index contributed by atoms with van der Waals surface area (Å²) in [6, 6.07) is 3.91. The molecule has 1 fully saturated rings. The average molecular weight is 253 g/mol. The Hall–Kier alpha value is -0.960. The molecule has 0 bridgehead atoms. The Morgan fingerprint density at radius 2 is 1.78 bits per heavy atom. The van der Waals surface area contributed by atoms with Crippen molar-refractivity contribution in [2.24, 2.45) is 11.8 Å². The van der Waals surface area contributed by atoms with Crippen molar-refractivity contribution < 1.29 is 8.78 Å². The van der Waals surface area contributed by atoms with Gasteiger partial charge in [0.1, 0.15) is 11.6 Å². The quantitative estimate of drug-likeness (QED) is 0.866. The summed E-state index contributed by atoms with van der Waals surface area (Å²) in [6.45, 7) is 5.19. The first-order valence-electron chi connectivity index (χ1n) is 6.58. The topological polar surface area (TPSA) is 12.0 Å². The average Bonchev–Trinajstić information content (AvgIpc) is 2.20. The van der Waals surface area contributed by atoms with Gasteiger partial charge in [0.25, 0.3) is 0 Å². The van der Waals surface area contributed by atoms with E-state index in [9.17, 15) is 8.78 Å². The Labute approximate surface area is 108 Å². The fraction of sp³-hybridized carbons (Fsp3) is 0.600. The molecule has 0 aliphatic heterocycles. The molecule has 1 aliphatic carbocycles. The molecule has 1 aromatic rings. The van der Waals surface area contributed by atoms with E-state index >= 15 is 0 Å². The Bertz CT molecular complexity index is 402. The Balaban J connectivity index is 2.26. The van der Waals surface area contributed by atoms with Gasteiger partial charge in [-0.2, -0.15) is 0 Å². The fourth-order valence-corrected chi connectivity index (χ4v) is 3.10. The molecule has 0 radical (unpaired) electrons. The predicted octanol–water partition coefficient (Wildman–Crippen LogP) is 3.49. The van der Waals surface area contributed by atoms with Crippen LogP contribution < -0.4 is 5.32 Å². The molecule has 0 amide bonds. The molecule has 0 heterocycles. The maximum absolute atomic E-state index is 13.4. The van der Waals surface area contributed by atoms with Crippen molar-refractivity contribution in [3.63, 3.8) is 0 Å². The van der Waals surface area contributed by atoms with E-state index in [2.05, 4.69) is 19.2 Å². The standard InChI is InChI=1S/C15H21F2N/c1-10(2)11-7-15(8-11,9-18-3)12-4-13(16)6-14(17)5-12/h4-6,10-11,18H,7-9H2,1-3H3. The fourth-order valence-electron chi connectivity index (χ4n) is 3.10. The molecule has 1 aromatic carbocycles. The second-order valence-corrected chi connectivity index (χ2v) is 5.88. The lowest BCUT2D eigenvalue weighted by molar-refractivity contribution is 0.0990. The summed E-state index contributed by atoms with van der Waals surface area (Å²) in [7, 11) is 1.89. The number of hydrogen-bond acceptors (Lipinski definition) is 1. The van der Waals surface area contributed by atoms with Gasteiger partial charge in [0.2, 0.25) is 0 Å². The molecular formula is C15H21F2N. The molecule has 1 N–H and O–H groups in total. The Morgan fingerprint density at radius 3 is 2.22 bits per heavy atom. The summed E-state index contributed by atoms with van der Waals surface area (Å²) >= 11 is 0. The minimum atomic E-state index is -0.478. The molecule has 0 atom stereocenters. The van der Waals surface area contributed by atoms with Gasteiger partial charge in [-0.3, -0.25) is 0 Å². The molecule has 0 saturated heterocycles. The third-order valence-corrected chi connectivity index (χ3v) is 4.24. The first-order valence-corrected chi connectivity index (χ1v) is 6.58. The summed E-state index contributed by atoms with van der Waals surface area (Å²) in [5, 5.41) is 3.16.